The number of hydrogen-bond donors (Lipinski definition) is 2. The minimum atomic E-state index is 0.297. The topological polar surface area (TPSA) is 90.2 Å². The van der Waals surface area contributed by atoms with E-state index in [0.29, 0.717) is 21.9 Å². The maximum Gasteiger partial charge on any atom is 0.177 e. The minimum absolute atomic E-state index is 0.297. The van der Waals surface area contributed by atoms with Crippen molar-refractivity contribution in [2.45, 2.75) is 12.7 Å². The molecular weight excluding hydrogens is 222 g/mol. The van der Waals surface area contributed by atoms with Crippen LogP contribution in [0.15, 0.2) is 11.2 Å². The molecule has 14 heavy (non-hydrogen) atoms. The minimum Gasteiger partial charge on any atom is -0.377 e. The summed E-state index contributed by atoms with van der Waals surface area (Å²) >= 11 is 7.02. The molecule has 5 nitrogen and oxygen atoms in total. The largest absolute Gasteiger partial charge is 0.377 e. The number of rotatable bonds is 2. The van der Waals surface area contributed by atoms with E-state index in [1.54, 1.807) is 6.07 Å². The van der Waals surface area contributed by atoms with Gasteiger partial charge in [-0.15, -0.1) is 0 Å². The second-order valence-corrected chi connectivity index (χ2v) is 3.89. The first kappa shape index (κ1) is 11.1. The highest BCUT2D eigenvalue weighted by molar-refractivity contribution is 8.13. The molecule has 0 atom stereocenters. The van der Waals surface area contributed by atoms with E-state index >= 15 is 0 Å². The van der Waals surface area contributed by atoms with E-state index in [-0.39, 0.29) is 0 Å². The molecule has 0 saturated carbocycles. The lowest BCUT2D eigenvalue weighted by Crippen LogP contribution is -2.10. The van der Waals surface area contributed by atoms with Crippen LogP contribution in [0.1, 0.15) is 11.5 Å². The summed E-state index contributed by atoms with van der Waals surface area (Å²) in [6.07, 6.45) is 0. The van der Waals surface area contributed by atoms with Crippen LogP contribution >= 0.6 is 23.4 Å². The number of amidine groups is 1. The Balaban J connectivity index is 2.67. The van der Waals surface area contributed by atoms with Crippen molar-refractivity contribution in [2.75, 3.05) is 0 Å². The molecule has 1 aromatic rings. The summed E-state index contributed by atoms with van der Waals surface area (Å²) in [6, 6.07) is 1.69. The van der Waals surface area contributed by atoms with Gasteiger partial charge in [0.15, 0.2) is 5.17 Å². The zero-order chi connectivity index (χ0) is 10.6. The van der Waals surface area contributed by atoms with Crippen molar-refractivity contribution in [3.8, 4) is 0 Å². The summed E-state index contributed by atoms with van der Waals surface area (Å²) in [5, 5.41) is 4.04. The molecule has 1 aromatic heterocycles. The maximum atomic E-state index is 5.75. The van der Waals surface area contributed by atoms with Crippen molar-refractivity contribution in [1.29, 1.82) is 0 Å². The molecule has 7 heteroatoms. The van der Waals surface area contributed by atoms with E-state index < -0.39 is 0 Å². The molecule has 0 aliphatic heterocycles. The quantitative estimate of drug-likeness (QED) is 0.259. The summed E-state index contributed by atoms with van der Waals surface area (Å²) in [6.45, 7) is 1.85. The van der Waals surface area contributed by atoms with Crippen LogP contribution in [0.25, 0.3) is 0 Å². The molecule has 0 spiro atoms. The van der Waals surface area contributed by atoms with Gasteiger partial charge in [0.05, 0.1) is 5.75 Å². The van der Waals surface area contributed by atoms with Crippen molar-refractivity contribution in [2.24, 2.45) is 16.7 Å². The van der Waals surface area contributed by atoms with Crippen LogP contribution in [0, 0.1) is 6.92 Å². The summed E-state index contributed by atoms with van der Waals surface area (Å²) < 4.78 is 0. The molecule has 0 amide bonds. The highest BCUT2D eigenvalue weighted by Gasteiger charge is 2.02. The van der Waals surface area contributed by atoms with Gasteiger partial charge < -0.3 is 11.6 Å². The van der Waals surface area contributed by atoms with Crippen LogP contribution in [0.2, 0.25) is 5.15 Å². The van der Waals surface area contributed by atoms with Crippen molar-refractivity contribution in [1.82, 2.24) is 9.97 Å². The third-order valence-corrected chi connectivity index (χ3v) is 2.34. The third-order valence-electron chi connectivity index (χ3n) is 1.35. The molecule has 0 unspecified atom stereocenters. The standard InChI is InChI=1S/C7H10ClN5S/c1-4-2-5(8)12-6(11-4)3-14-7(9)13-10/h2H,3,10H2,1H3,(H2,9,13). The van der Waals surface area contributed by atoms with Gasteiger partial charge in [-0.1, -0.05) is 23.4 Å². The number of aryl methyl sites for hydroxylation is 1. The number of thioether (sulfide) groups is 1. The fraction of sp³-hybridized carbons (Fsp3) is 0.286. The molecule has 0 aromatic carbocycles. The van der Waals surface area contributed by atoms with Crippen LogP contribution in [0.4, 0.5) is 0 Å². The van der Waals surface area contributed by atoms with E-state index in [9.17, 15) is 0 Å². The Morgan fingerprint density at radius 2 is 2.36 bits per heavy atom. The van der Waals surface area contributed by atoms with Crippen LogP contribution in [0.3, 0.4) is 0 Å². The summed E-state index contributed by atoms with van der Waals surface area (Å²) in [5.74, 6) is 6.10. The first-order chi connectivity index (χ1) is 6.61. The number of nitrogens with two attached hydrogens (primary N) is 2. The average Bonchev–Trinajstić information content (AvgIpc) is 2.12. The molecule has 4 N–H and O–H groups in total. The predicted molar refractivity (Wildman–Crippen MR) is 58.9 cm³/mol. The van der Waals surface area contributed by atoms with Gasteiger partial charge >= 0.3 is 0 Å². The number of hydrogen-bond acceptors (Lipinski definition) is 5. The first-order valence-corrected chi connectivity index (χ1v) is 5.14. The van der Waals surface area contributed by atoms with Crippen molar-refractivity contribution >= 4 is 28.5 Å². The van der Waals surface area contributed by atoms with E-state index in [1.165, 1.54) is 11.8 Å². The maximum absolute atomic E-state index is 5.75. The summed E-state index contributed by atoms with van der Waals surface area (Å²) in [5.41, 5.74) is 6.22. The molecule has 0 aliphatic carbocycles. The molecular formula is C7H10ClN5S. The Bertz CT molecular complexity index is 334. The summed E-state index contributed by atoms with van der Waals surface area (Å²) in [4.78, 5) is 8.19. The number of hydrazone groups is 1. The third kappa shape index (κ3) is 3.39. The normalized spacial score (nSPS) is 11.7. The van der Waals surface area contributed by atoms with Crippen LogP contribution in [-0.4, -0.2) is 15.1 Å². The molecule has 0 aliphatic rings. The molecule has 0 radical (unpaired) electrons. The average molecular weight is 232 g/mol. The lowest BCUT2D eigenvalue weighted by Gasteiger charge is -2.01. The SMILES string of the molecule is Cc1cc(Cl)nc(CS/C(N)=N/N)n1. The molecule has 76 valence electrons. The van der Waals surface area contributed by atoms with E-state index in [1.807, 2.05) is 6.92 Å². The molecule has 1 rings (SSSR count). The zero-order valence-electron chi connectivity index (χ0n) is 7.57. The van der Waals surface area contributed by atoms with Crippen LogP contribution < -0.4 is 11.6 Å². The Kier molecular flexibility index (Phi) is 3.97. The number of aromatic nitrogens is 2. The first-order valence-electron chi connectivity index (χ1n) is 3.78. The van der Waals surface area contributed by atoms with E-state index in [4.69, 9.17) is 23.2 Å². The second kappa shape index (κ2) is 5.02. The van der Waals surface area contributed by atoms with Gasteiger partial charge in [0.1, 0.15) is 11.0 Å². The van der Waals surface area contributed by atoms with E-state index in [2.05, 4.69) is 15.1 Å². The Labute approximate surface area is 90.9 Å². The number of halogens is 1. The smallest absolute Gasteiger partial charge is 0.177 e. The van der Waals surface area contributed by atoms with E-state index in [0.717, 1.165) is 5.69 Å². The van der Waals surface area contributed by atoms with Gasteiger partial charge in [-0.25, -0.2) is 9.97 Å². The Hall–Kier alpha value is -1.01. The van der Waals surface area contributed by atoms with Gasteiger partial charge in [-0.05, 0) is 13.0 Å². The lowest BCUT2D eigenvalue weighted by molar-refractivity contribution is 0.998. The highest BCUT2D eigenvalue weighted by atomic mass is 35.5. The highest BCUT2D eigenvalue weighted by Crippen LogP contribution is 2.11. The monoisotopic (exact) mass is 231 g/mol. The van der Waals surface area contributed by atoms with Gasteiger partial charge in [0.2, 0.25) is 0 Å². The fourth-order valence-corrected chi connectivity index (χ4v) is 1.57. The van der Waals surface area contributed by atoms with Gasteiger partial charge in [0.25, 0.3) is 0 Å². The molecule has 0 bridgehead atoms. The molecule has 0 saturated heterocycles. The summed E-state index contributed by atoms with van der Waals surface area (Å²) in [7, 11) is 0. The van der Waals surface area contributed by atoms with Crippen molar-refractivity contribution in [3.63, 3.8) is 0 Å². The molecule has 1 heterocycles. The van der Waals surface area contributed by atoms with Gasteiger partial charge in [-0.2, -0.15) is 5.10 Å². The van der Waals surface area contributed by atoms with Crippen LogP contribution in [-0.2, 0) is 5.75 Å². The number of nitrogens with zero attached hydrogens (tertiary/aromatic N) is 3. The van der Waals surface area contributed by atoms with Crippen molar-refractivity contribution < 1.29 is 0 Å². The second-order valence-electron chi connectivity index (χ2n) is 2.50. The molecule has 0 fully saturated rings. The van der Waals surface area contributed by atoms with Crippen LogP contribution in [0.5, 0.6) is 0 Å². The fourth-order valence-electron chi connectivity index (χ4n) is 0.829. The zero-order valence-corrected chi connectivity index (χ0v) is 9.14. The van der Waals surface area contributed by atoms with Gasteiger partial charge in [-0.3, -0.25) is 0 Å². The Morgan fingerprint density at radius 1 is 1.64 bits per heavy atom. The Morgan fingerprint density at radius 3 is 2.93 bits per heavy atom. The predicted octanol–water partition coefficient (Wildman–Crippen LogP) is 0.860. The van der Waals surface area contributed by atoms with Gasteiger partial charge in [0, 0.05) is 5.69 Å². The van der Waals surface area contributed by atoms with Crippen molar-refractivity contribution in [3.05, 3.63) is 22.7 Å². The lowest BCUT2D eigenvalue weighted by atomic mass is 10.4.